The summed E-state index contributed by atoms with van der Waals surface area (Å²) >= 11 is 2.17. The molecule has 15 heavy (non-hydrogen) atoms. The summed E-state index contributed by atoms with van der Waals surface area (Å²) in [5.41, 5.74) is 6.45. The van der Waals surface area contributed by atoms with Gasteiger partial charge in [0.15, 0.2) is 0 Å². The predicted octanol–water partition coefficient (Wildman–Crippen LogP) is 2.40. The van der Waals surface area contributed by atoms with Crippen LogP contribution in [0.5, 0.6) is 0 Å². The summed E-state index contributed by atoms with van der Waals surface area (Å²) in [5, 5.41) is 8.69. The lowest BCUT2D eigenvalue weighted by Crippen LogP contribution is -1.84. The van der Waals surface area contributed by atoms with Crippen LogP contribution in [0.1, 0.15) is 5.69 Å². The second kappa shape index (κ2) is 3.90. The number of hydrogen-bond acceptors (Lipinski definition) is 4. The zero-order valence-electron chi connectivity index (χ0n) is 7.57. The number of hydrogen-bond donors (Lipinski definition) is 1. The molecule has 74 valence electrons. The number of nitriles is 1. The van der Waals surface area contributed by atoms with Gasteiger partial charge in [0.05, 0.1) is 5.56 Å². The Morgan fingerprint density at radius 3 is 2.73 bits per heavy atom. The van der Waals surface area contributed by atoms with Crippen LogP contribution in [0.2, 0.25) is 0 Å². The lowest BCUT2D eigenvalue weighted by Gasteiger charge is -1.97. The molecule has 0 aliphatic carbocycles. The topological polar surface area (TPSA) is 75.8 Å². The van der Waals surface area contributed by atoms with Crippen molar-refractivity contribution in [3.8, 4) is 17.5 Å². The summed E-state index contributed by atoms with van der Waals surface area (Å²) in [6, 6.07) is 9.47. The van der Waals surface area contributed by atoms with Crippen LogP contribution in [-0.2, 0) is 0 Å². The van der Waals surface area contributed by atoms with Gasteiger partial charge in [0.1, 0.15) is 6.07 Å². The van der Waals surface area contributed by atoms with Crippen molar-refractivity contribution in [1.29, 1.82) is 5.26 Å². The van der Waals surface area contributed by atoms with Crippen LogP contribution in [0.3, 0.4) is 0 Å². The van der Waals surface area contributed by atoms with Gasteiger partial charge in [0.25, 0.3) is 0 Å². The second-order valence-electron chi connectivity index (χ2n) is 2.82. The molecule has 0 spiro atoms. The van der Waals surface area contributed by atoms with Crippen molar-refractivity contribution in [2.75, 3.05) is 5.73 Å². The first kappa shape index (κ1) is 9.98. The number of nitrogens with zero attached hydrogens (tertiary/aromatic N) is 2. The van der Waals surface area contributed by atoms with Crippen molar-refractivity contribution in [1.82, 2.24) is 4.98 Å². The molecule has 1 aromatic carbocycles. The van der Waals surface area contributed by atoms with Gasteiger partial charge in [-0.25, -0.2) is 0 Å². The second-order valence-corrected chi connectivity index (χ2v) is 3.99. The molecule has 2 rings (SSSR count). The fourth-order valence-electron chi connectivity index (χ4n) is 1.16. The normalized spacial score (nSPS) is 9.87. The van der Waals surface area contributed by atoms with E-state index in [4.69, 9.17) is 15.4 Å². The highest BCUT2D eigenvalue weighted by Crippen LogP contribution is 2.26. The van der Waals surface area contributed by atoms with E-state index in [1.807, 2.05) is 30.3 Å². The van der Waals surface area contributed by atoms with Gasteiger partial charge in [-0.15, -0.1) is 0 Å². The highest BCUT2D eigenvalue weighted by Gasteiger charge is 2.13. The molecule has 0 radical (unpaired) electrons. The van der Waals surface area contributed by atoms with Crippen molar-refractivity contribution in [3.05, 3.63) is 33.5 Å². The van der Waals surface area contributed by atoms with Crippen LogP contribution in [-0.4, -0.2) is 4.98 Å². The van der Waals surface area contributed by atoms with Crippen molar-refractivity contribution >= 4 is 28.5 Å². The van der Waals surface area contributed by atoms with E-state index in [9.17, 15) is 0 Å². The number of benzene rings is 1. The van der Waals surface area contributed by atoms with Crippen LogP contribution >= 0.6 is 22.6 Å². The summed E-state index contributed by atoms with van der Waals surface area (Å²) in [6.07, 6.45) is 0. The van der Waals surface area contributed by atoms with Gasteiger partial charge < -0.3 is 10.2 Å². The molecule has 2 aromatic rings. The summed E-state index contributed by atoms with van der Waals surface area (Å²) in [7, 11) is 0. The molecule has 0 bridgehead atoms. The fraction of sp³-hybridized carbons (Fsp3) is 0. The van der Waals surface area contributed by atoms with Crippen LogP contribution in [0, 0.1) is 14.9 Å². The molecular weight excluding hydrogens is 305 g/mol. The average Bonchev–Trinajstić information content (AvgIpc) is 2.60. The third-order valence-corrected chi connectivity index (χ3v) is 2.80. The van der Waals surface area contributed by atoms with E-state index < -0.39 is 0 Å². The summed E-state index contributed by atoms with van der Waals surface area (Å²) in [5.74, 6) is 0.446. The number of rotatable bonds is 1. The molecule has 0 fully saturated rings. The van der Waals surface area contributed by atoms with E-state index in [-0.39, 0.29) is 11.6 Å². The van der Waals surface area contributed by atoms with Gasteiger partial charge in [-0.2, -0.15) is 10.2 Å². The first-order valence-corrected chi connectivity index (χ1v) is 5.21. The van der Waals surface area contributed by atoms with Gasteiger partial charge >= 0.3 is 0 Å². The molecule has 0 amide bonds. The van der Waals surface area contributed by atoms with E-state index in [0.717, 1.165) is 9.13 Å². The smallest absolute Gasteiger partial charge is 0.231 e. The van der Waals surface area contributed by atoms with Crippen LogP contribution in [0.25, 0.3) is 11.5 Å². The number of aromatic nitrogens is 1. The van der Waals surface area contributed by atoms with Gasteiger partial charge in [-0.1, -0.05) is 12.1 Å². The molecule has 0 saturated heterocycles. The SMILES string of the molecule is N#Cc1nc(-c2ccccc2I)oc1N. The van der Waals surface area contributed by atoms with Gasteiger partial charge in [-0.3, -0.25) is 0 Å². The molecular formula is C10H6IN3O. The van der Waals surface area contributed by atoms with Crippen LogP contribution in [0.4, 0.5) is 5.88 Å². The Kier molecular flexibility index (Phi) is 2.60. The lowest BCUT2D eigenvalue weighted by molar-refractivity contribution is 0.593. The van der Waals surface area contributed by atoms with Gasteiger partial charge in [0, 0.05) is 3.57 Å². The van der Waals surface area contributed by atoms with Crippen LogP contribution < -0.4 is 5.73 Å². The van der Waals surface area contributed by atoms with Gasteiger partial charge in [0.2, 0.25) is 17.5 Å². The number of nitrogen functional groups attached to an aromatic ring is 1. The summed E-state index contributed by atoms with van der Waals surface area (Å²) in [4.78, 5) is 4.00. The van der Waals surface area contributed by atoms with Crippen molar-refractivity contribution in [3.63, 3.8) is 0 Å². The Morgan fingerprint density at radius 2 is 2.13 bits per heavy atom. The van der Waals surface area contributed by atoms with Crippen molar-refractivity contribution < 1.29 is 4.42 Å². The quantitative estimate of drug-likeness (QED) is 0.821. The number of anilines is 1. The van der Waals surface area contributed by atoms with Gasteiger partial charge in [-0.05, 0) is 34.7 Å². The van der Waals surface area contributed by atoms with E-state index in [0.29, 0.717) is 5.89 Å². The van der Waals surface area contributed by atoms with Crippen LogP contribution in [0.15, 0.2) is 28.7 Å². The average molecular weight is 311 g/mol. The van der Waals surface area contributed by atoms with Crippen molar-refractivity contribution in [2.24, 2.45) is 0 Å². The lowest BCUT2D eigenvalue weighted by atomic mass is 10.2. The molecule has 0 saturated carbocycles. The number of nitrogens with two attached hydrogens (primary N) is 1. The Bertz CT molecular complexity index is 542. The Morgan fingerprint density at radius 1 is 1.40 bits per heavy atom. The third kappa shape index (κ3) is 1.80. The Labute approximate surface area is 99.9 Å². The Balaban J connectivity index is 2.56. The highest BCUT2D eigenvalue weighted by atomic mass is 127. The predicted molar refractivity (Wildman–Crippen MR) is 63.8 cm³/mol. The summed E-state index contributed by atoms with van der Waals surface area (Å²) in [6.45, 7) is 0. The van der Waals surface area contributed by atoms with E-state index >= 15 is 0 Å². The fourth-order valence-corrected chi connectivity index (χ4v) is 1.78. The molecule has 0 aliphatic heterocycles. The monoisotopic (exact) mass is 311 g/mol. The first-order chi connectivity index (χ1) is 7.22. The largest absolute Gasteiger partial charge is 0.419 e. The zero-order valence-corrected chi connectivity index (χ0v) is 9.72. The molecule has 1 heterocycles. The minimum Gasteiger partial charge on any atom is -0.419 e. The Hall–Kier alpha value is -1.55. The zero-order chi connectivity index (χ0) is 10.8. The van der Waals surface area contributed by atoms with Crippen molar-refractivity contribution in [2.45, 2.75) is 0 Å². The maximum atomic E-state index is 8.69. The summed E-state index contributed by atoms with van der Waals surface area (Å²) < 4.78 is 6.21. The van der Waals surface area contributed by atoms with E-state index in [2.05, 4.69) is 27.6 Å². The third-order valence-electron chi connectivity index (χ3n) is 1.86. The minimum absolute atomic E-state index is 0.0622. The first-order valence-electron chi connectivity index (χ1n) is 4.13. The highest BCUT2D eigenvalue weighted by molar-refractivity contribution is 14.1. The molecule has 1 aromatic heterocycles. The minimum atomic E-state index is 0.0622. The molecule has 5 heteroatoms. The van der Waals surface area contributed by atoms with E-state index in [1.54, 1.807) is 0 Å². The molecule has 2 N–H and O–H groups in total. The van der Waals surface area contributed by atoms with E-state index in [1.165, 1.54) is 0 Å². The maximum Gasteiger partial charge on any atom is 0.231 e. The molecule has 0 unspecified atom stereocenters. The standard InChI is InChI=1S/C10H6IN3O/c11-7-4-2-1-3-6(7)10-14-8(5-12)9(13)15-10/h1-4H,13H2. The molecule has 4 nitrogen and oxygen atoms in total. The number of halogens is 1. The number of oxazole rings is 1. The molecule has 0 aliphatic rings. The molecule has 0 atom stereocenters. The maximum absolute atomic E-state index is 8.69.